The van der Waals surface area contributed by atoms with E-state index in [4.69, 9.17) is 4.74 Å². The summed E-state index contributed by atoms with van der Waals surface area (Å²) in [5, 5.41) is 2.90. The van der Waals surface area contributed by atoms with Gasteiger partial charge in [0.1, 0.15) is 0 Å². The van der Waals surface area contributed by atoms with E-state index in [0.717, 1.165) is 16.7 Å². The standard InChI is InChI=1S/C29H26N2O5S/c32-27(31-28(23-13-6-2-7-14-23)24-15-8-3-9-16-24)21-36-29(33)25-17-10-18-26(19-25)37(34,35)30-20-22-11-4-1-5-12-22/h1-19,28,30H,20-21H2,(H,31,32). The first kappa shape index (κ1) is 25.8. The van der Waals surface area contributed by atoms with Crippen molar-refractivity contribution in [3.63, 3.8) is 0 Å². The molecule has 0 atom stereocenters. The lowest BCUT2D eigenvalue weighted by atomic mass is 9.99. The highest BCUT2D eigenvalue weighted by Crippen LogP contribution is 2.21. The molecule has 0 saturated heterocycles. The number of amides is 1. The molecule has 8 heteroatoms. The zero-order chi connectivity index (χ0) is 26.1. The molecule has 0 aliphatic heterocycles. The Labute approximate surface area is 216 Å². The van der Waals surface area contributed by atoms with Gasteiger partial charge in [-0.05, 0) is 34.9 Å². The fourth-order valence-corrected chi connectivity index (χ4v) is 4.78. The fourth-order valence-electron chi connectivity index (χ4n) is 3.71. The molecule has 0 unspecified atom stereocenters. The Hall–Kier alpha value is -4.27. The number of nitrogens with one attached hydrogen (secondary N) is 2. The third-order valence-corrected chi connectivity index (χ3v) is 6.99. The molecule has 0 spiro atoms. The van der Waals surface area contributed by atoms with E-state index < -0.39 is 34.5 Å². The third kappa shape index (κ3) is 7.13. The van der Waals surface area contributed by atoms with E-state index in [9.17, 15) is 18.0 Å². The molecule has 37 heavy (non-hydrogen) atoms. The quantitative estimate of drug-likeness (QED) is 0.309. The van der Waals surface area contributed by atoms with Crippen LogP contribution in [-0.2, 0) is 26.1 Å². The van der Waals surface area contributed by atoms with Crippen molar-refractivity contribution in [3.8, 4) is 0 Å². The first-order valence-corrected chi connectivity index (χ1v) is 13.1. The molecule has 0 saturated carbocycles. The van der Waals surface area contributed by atoms with Crippen molar-refractivity contribution in [2.75, 3.05) is 6.61 Å². The molecule has 0 aliphatic rings. The van der Waals surface area contributed by atoms with E-state index in [1.54, 1.807) is 0 Å². The summed E-state index contributed by atoms with van der Waals surface area (Å²) in [6.45, 7) is -0.403. The summed E-state index contributed by atoms with van der Waals surface area (Å²) in [5.74, 6) is -1.29. The maximum absolute atomic E-state index is 12.7. The van der Waals surface area contributed by atoms with Crippen molar-refractivity contribution in [1.82, 2.24) is 10.0 Å². The SMILES string of the molecule is O=C(COC(=O)c1cccc(S(=O)(=O)NCc2ccccc2)c1)NC(c1ccccc1)c1ccccc1. The molecule has 0 bridgehead atoms. The van der Waals surface area contributed by atoms with Crippen molar-refractivity contribution in [1.29, 1.82) is 0 Å². The minimum absolute atomic E-state index is 0.0260. The highest BCUT2D eigenvalue weighted by atomic mass is 32.2. The second-order valence-electron chi connectivity index (χ2n) is 8.24. The number of ether oxygens (including phenoxy) is 1. The smallest absolute Gasteiger partial charge is 0.338 e. The summed E-state index contributed by atoms with van der Waals surface area (Å²) < 4.78 is 33.1. The van der Waals surface area contributed by atoms with Crippen LogP contribution in [0, 0.1) is 0 Å². The van der Waals surface area contributed by atoms with Crippen molar-refractivity contribution in [2.45, 2.75) is 17.5 Å². The molecule has 0 aromatic heterocycles. The van der Waals surface area contributed by atoms with Gasteiger partial charge in [-0.25, -0.2) is 17.9 Å². The van der Waals surface area contributed by atoms with Gasteiger partial charge in [0.2, 0.25) is 10.0 Å². The second-order valence-corrected chi connectivity index (χ2v) is 10.0. The number of carbonyl (C=O) groups excluding carboxylic acids is 2. The van der Waals surface area contributed by atoms with Crippen LogP contribution in [0.1, 0.15) is 33.1 Å². The van der Waals surface area contributed by atoms with E-state index in [0.29, 0.717) is 0 Å². The van der Waals surface area contributed by atoms with Crippen molar-refractivity contribution in [3.05, 3.63) is 138 Å². The van der Waals surface area contributed by atoms with Gasteiger partial charge in [0, 0.05) is 6.54 Å². The molecule has 2 N–H and O–H groups in total. The molecule has 0 heterocycles. The number of benzene rings is 4. The maximum atomic E-state index is 12.7. The van der Waals surface area contributed by atoms with Crippen LogP contribution in [-0.4, -0.2) is 26.9 Å². The van der Waals surface area contributed by atoms with Crippen LogP contribution >= 0.6 is 0 Å². The van der Waals surface area contributed by atoms with Crippen molar-refractivity contribution >= 4 is 21.9 Å². The largest absolute Gasteiger partial charge is 0.452 e. The predicted molar refractivity (Wildman–Crippen MR) is 140 cm³/mol. The van der Waals surface area contributed by atoms with Crippen LogP contribution < -0.4 is 10.0 Å². The Morgan fingerprint density at radius 3 is 1.89 bits per heavy atom. The molecule has 1 amide bonds. The van der Waals surface area contributed by atoms with Gasteiger partial charge >= 0.3 is 5.97 Å². The molecule has 188 valence electrons. The maximum Gasteiger partial charge on any atom is 0.338 e. The lowest BCUT2D eigenvalue weighted by Gasteiger charge is -2.20. The van der Waals surface area contributed by atoms with Gasteiger partial charge in [0.05, 0.1) is 16.5 Å². The highest BCUT2D eigenvalue weighted by molar-refractivity contribution is 7.89. The molecule has 0 fully saturated rings. The third-order valence-electron chi connectivity index (χ3n) is 5.59. The lowest BCUT2D eigenvalue weighted by Crippen LogP contribution is -2.33. The zero-order valence-corrected chi connectivity index (χ0v) is 20.7. The Morgan fingerprint density at radius 1 is 0.730 bits per heavy atom. The van der Waals surface area contributed by atoms with Gasteiger partial charge < -0.3 is 10.1 Å². The van der Waals surface area contributed by atoms with Crippen LogP contribution in [0.5, 0.6) is 0 Å². The monoisotopic (exact) mass is 514 g/mol. The van der Waals surface area contributed by atoms with Gasteiger partial charge in [-0.2, -0.15) is 0 Å². The summed E-state index contributed by atoms with van der Waals surface area (Å²) >= 11 is 0. The molecule has 0 aliphatic carbocycles. The zero-order valence-electron chi connectivity index (χ0n) is 19.9. The molecular formula is C29H26N2O5S. The summed E-state index contributed by atoms with van der Waals surface area (Å²) in [6, 6.07) is 33.1. The Bertz CT molecular complexity index is 1400. The Morgan fingerprint density at radius 2 is 1.30 bits per heavy atom. The molecule has 4 rings (SSSR count). The summed E-state index contributed by atoms with van der Waals surface area (Å²) in [7, 11) is -3.86. The summed E-state index contributed by atoms with van der Waals surface area (Å²) in [5.41, 5.74) is 2.60. The topological polar surface area (TPSA) is 102 Å². The molecule has 4 aromatic carbocycles. The van der Waals surface area contributed by atoms with Gasteiger partial charge in [0.15, 0.2) is 6.61 Å². The van der Waals surface area contributed by atoms with Crippen LogP contribution in [0.2, 0.25) is 0 Å². The van der Waals surface area contributed by atoms with Crippen molar-refractivity contribution < 1.29 is 22.7 Å². The van der Waals surface area contributed by atoms with E-state index in [1.165, 1.54) is 24.3 Å². The first-order valence-electron chi connectivity index (χ1n) is 11.6. The number of rotatable bonds is 10. The Kier molecular flexibility index (Phi) is 8.45. The molecule has 0 radical (unpaired) electrons. The van der Waals surface area contributed by atoms with Gasteiger partial charge in [-0.3, -0.25) is 4.79 Å². The number of esters is 1. The lowest BCUT2D eigenvalue weighted by molar-refractivity contribution is -0.124. The number of sulfonamides is 1. The van der Waals surface area contributed by atoms with E-state index in [2.05, 4.69) is 10.0 Å². The second kappa shape index (κ2) is 12.1. The highest BCUT2D eigenvalue weighted by Gasteiger charge is 2.20. The van der Waals surface area contributed by atoms with E-state index in [-0.39, 0.29) is 17.0 Å². The van der Waals surface area contributed by atoms with Crippen LogP contribution in [0.25, 0.3) is 0 Å². The fraction of sp³-hybridized carbons (Fsp3) is 0.103. The van der Waals surface area contributed by atoms with Crippen LogP contribution in [0.15, 0.2) is 120 Å². The number of hydrogen-bond acceptors (Lipinski definition) is 5. The van der Waals surface area contributed by atoms with Crippen molar-refractivity contribution in [2.24, 2.45) is 0 Å². The molecule has 7 nitrogen and oxygen atoms in total. The summed E-state index contributed by atoms with van der Waals surface area (Å²) in [6.07, 6.45) is 0. The first-order chi connectivity index (χ1) is 17.9. The minimum atomic E-state index is -3.86. The van der Waals surface area contributed by atoms with E-state index in [1.807, 2.05) is 91.0 Å². The van der Waals surface area contributed by atoms with Crippen LogP contribution in [0.3, 0.4) is 0 Å². The molecule has 4 aromatic rings. The van der Waals surface area contributed by atoms with Gasteiger partial charge in [-0.1, -0.05) is 97.1 Å². The van der Waals surface area contributed by atoms with Gasteiger partial charge in [-0.15, -0.1) is 0 Å². The normalized spacial score (nSPS) is 11.2. The number of carbonyl (C=O) groups is 2. The van der Waals surface area contributed by atoms with E-state index >= 15 is 0 Å². The van der Waals surface area contributed by atoms with Crippen LogP contribution in [0.4, 0.5) is 0 Å². The summed E-state index contributed by atoms with van der Waals surface area (Å²) in [4.78, 5) is 25.2. The number of hydrogen-bond donors (Lipinski definition) is 2. The average Bonchev–Trinajstić information content (AvgIpc) is 2.95. The Balaban J connectivity index is 1.39. The minimum Gasteiger partial charge on any atom is -0.452 e. The molecular weight excluding hydrogens is 488 g/mol. The van der Waals surface area contributed by atoms with Gasteiger partial charge in [0.25, 0.3) is 5.91 Å². The average molecular weight is 515 g/mol. The predicted octanol–water partition coefficient (Wildman–Crippen LogP) is 4.23.